The highest BCUT2D eigenvalue weighted by molar-refractivity contribution is 6.22. The van der Waals surface area contributed by atoms with Crippen LogP contribution in [-0.2, 0) is 6.42 Å². The largest absolute Gasteiger partial charge is 0.309 e. The Hall–Kier alpha value is -5.55. The van der Waals surface area contributed by atoms with Gasteiger partial charge in [-0.05, 0) is 88.7 Å². The molecule has 5 nitrogen and oxygen atoms in total. The van der Waals surface area contributed by atoms with Crippen LogP contribution in [0.1, 0.15) is 11.1 Å². The third-order valence-corrected chi connectivity index (χ3v) is 8.83. The number of nitrogens with zero attached hydrogens (tertiary/aromatic N) is 5. The second-order valence-electron chi connectivity index (χ2n) is 10.9. The molecule has 41 heavy (non-hydrogen) atoms. The average molecular weight is 524 g/mol. The Bertz CT molecular complexity index is 2550. The summed E-state index contributed by atoms with van der Waals surface area (Å²) in [5.74, 6) is 0. The van der Waals surface area contributed by atoms with Gasteiger partial charge in [0.15, 0.2) is 5.65 Å². The average Bonchev–Trinajstić information content (AvgIpc) is 3.70. The van der Waals surface area contributed by atoms with Gasteiger partial charge in [-0.3, -0.25) is 4.40 Å². The van der Waals surface area contributed by atoms with E-state index >= 15 is 0 Å². The summed E-state index contributed by atoms with van der Waals surface area (Å²) < 4.78 is 4.59. The molecule has 1 aliphatic rings. The number of hydrogen-bond acceptors (Lipinski definition) is 3. The van der Waals surface area contributed by atoms with E-state index in [2.05, 4.69) is 105 Å². The highest BCUT2D eigenvalue weighted by Gasteiger charge is 2.25. The highest BCUT2D eigenvalue weighted by Crippen LogP contribution is 2.46. The van der Waals surface area contributed by atoms with Crippen LogP contribution in [0.25, 0.3) is 77.2 Å². The lowest BCUT2D eigenvalue weighted by Gasteiger charge is -2.11. The Morgan fingerprint density at radius 2 is 1.41 bits per heavy atom. The molecule has 0 saturated carbocycles. The summed E-state index contributed by atoms with van der Waals surface area (Å²) in [6.07, 6.45) is 4.60. The molecule has 0 bridgehead atoms. The van der Waals surface area contributed by atoms with E-state index in [-0.39, 0.29) is 0 Å². The van der Waals surface area contributed by atoms with E-state index in [9.17, 15) is 0 Å². The summed E-state index contributed by atoms with van der Waals surface area (Å²) >= 11 is 0. The maximum atomic E-state index is 5.06. The van der Waals surface area contributed by atoms with Crippen molar-refractivity contribution in [2.24, 2.45) is 0 Å². The predicted octanol–water partition coefficient (Wildman–Crippen LogP) is 8.25. The van der Waals surface area contributed by atoms with E-state index in [4.69, 9.17) is 9.97 Å². The third kappa shape index (κ3) is 2.68. The predicted molar refractivity (Wildman–Crippen MR) is 166 cm³/mol. The molecule has 5 heteroatoms. The third-order valence-electron chi connectivity index (χ3n) is 8.83. The van der Waals surface area contributed by atoms with Crippen LogP contribution in [0.5, 0.6) is 0 Å². The summed E-state index contributed by atoms with van der Waals surface area (Å²) in [4.78, 5) is 14.5. The van der Waals surface area contributed by atoms with Gasteiger partial charge in [-0.15, -0.1) is 0 Å². The molecule has 0 radical (unpaired) electrons. The summed E-state index contributed by atoms with van der Waals surface area (Å²) in [5, 5.41) is 5.91. The van der Waals surface area contributed by atoms with Crippen molar-refractivity contribution in [3.05, 3.63) is 127 Å². The molecule has 5 heterocycles. The second kappa shape index (κ2) is 7.55. The number of rotatable bonds is 1. The topological polar surface area (TPSA) is 48.0 Å². The Morgan fingerprint density at radius 3 is 2.37 bits per heavy atom. The van der Waals surface area contributed by atoms with Gasteiger partial charge in [-0.2, -0.15) is 0 Å². The number of fused-ring (bicyclic) bond motifs is 15. The Balaban J connectivity index is 1.45. The van der Waals surface area contributed by atoms with Crippen molar-refractivity contribution in [2.45, 2.75) is 6.42 Å². The number of pyridine rings is 3. The van der Waals surface area contributed by atoms with Crippen molar-refractivity contribution >= 4 is 60.4 Å². The minimum Gasteiger partial charge on any atom is -0.309 e. The normalized spacial score (nSPS) is 12.8. The van der Waals surface area contributed by atoms with Crippen molar-refractivity contribution < 1.29 is 0 Å². The molecule has 190 valence electrons. The van der Waals surface area contributed by atoms with E-state index in [1.165, 1.54) is 44.1 Å². The number of benzene rings is 4. The monoisotopic (exact) mass is 523 g/mol. The van der Waals surface area contributed by atoms with E-state index in [0.29, 0.717) is 0 Å². The van der Waals surface area contributed by atoms with Crippen LogP contribution in [0.3, 0.4) is 0 Å². The first kappa shape index (κ1) is 21.3. The number of hydrogen-bond donors (Lipinski definition) is 0. The van der Waals surface area contributed by atoms with Crippen LogP contribution < -0.4 is 0 Å². The first-order chi connectivity index (χ1) is 20.3. The highest BCUT2D eigenvalue weighted by atomic mass is 15.1. The van der Waals surface area contributed by atoms with Crippen molar-refractivity contribution in [2.75, 3.05) is 0 Å². The van der Waals surface area contributed by atoms with Crippen LogP contribution in [-0.4, -0.2) is 23.9 Å². The van der Waals surface area contributed by atoms with Gasteiger partial charge < -0.3 is 4.57 Å². The van der Waals surface area contributed by atoms with Gasteiger partial charge in [0.2, 0.25) is 0 Å². The maximum Gasteiger partial charge on any atom is 0.178 e. The number of para-hydroxylation sites is 1. The minimum absolute atomic E-state index is 0.732. The molecule has 4 aromatic carbocycles. The zero-order chi connectivity index (χ0) is 26.7. The standard InChI is InChI=1S/C36H21N5/c1-2-9-22(10-3-1)40-30-15-14-24-23-11-5-4-8-21(23)18-27(24)33(30)29-19-28-26(20-32(29)40)25-12-6-17-38-35(25)41-31-13-7-16-37-34(31)39-36(28)41/h1-17,19-20H,18H2. The fourth-order valence-electron chi connectivity index (χ4n) is 7.15. The van der Waals surface area contributed by atoms with E-state index in [1.807, 2.05) is 18.3 Å². The number of imidazole rings is 1. The molecule has 0 amide bonds. The summed E-state index contributed by atoms with van der Waals surface area (Å²) in [5.41, 5.74) is 12.5. The van der Waals surface area contributed by atoms with Crippen molar-refractivity contribution in [1.29, 1.82) is 0 Å². The first-order valence-corrected chi connectivity index (χ1v) is 13.9. The quantitative estimate of drug-likeness (QED) is 0.204. The van der Waals surface area contributed by atoms with E-state index in [0.717, 1.165) is 50.7 Å². The van der Waals surface area contributed by atoms with Gasteiger partial charge in [0, 0.05) is 39.6 Å². The molecule has 0 unspecified atom stereocenters. The fraction of sp³-hybridized carbons (Fsp3) is 0.0278. The molecular weight excluding hydrogens is 502 g/mol. The van der Waals surface area contributed by atoms with Gasteiger partial charge >= 0.3 is 0 Å². The van der Waals surface area contributed by atoms with Crippen LogP contribution in [0.4, 0.5) is 0 Å². The van der Waals surface area contributed by atoms with Gasteiger partial charge in [0.05, 0.1) is 16.6 Å². The van der Waals surface area contributed by atoms with Crippen LogP contribution >= 0.6 is 0 Å². The van der Waals surface area contributed by atoms with Crippen molar-refractivity contribution in [3.8, 4) is 16.8 Å². The van der Waals surface area contributed by atoms with Crippen molar-refractivity contribution in [1.82, 2.24) is 23.9 Å². The van der Waals surface area contributed by atoms with E-state index < -0.39 is 0 Å². The fourth-order valence-corrected chi connectivity index (χ4v) is 7.15. The molecule has 1 aliphatic carbocycles. The second-order valence-corrected chi connectivity index (χ2v) is 10.9. The summed E-state index contributed by atoms with van der Waals surface area (Å²) in [7, 11) is 0. The molecule has 9 aromatic rings. The lowest BCUT2D eigenvalue weighted by molar-refractivity contribution is 1.18. The molecule has 10 rings (SSSR count). The maximum absolute atomic E-state index is 5.06. The summed E-state index contributed by atoms with van der Waals surface area (Å²) in [6.45, 7) is 0. The molecule has 0 atom stereocenters. The van der Waals surface area contributed by atoms with E-state index in [1.54, 1.807) is 6.20 Å². The summed E-state index contributed by atoms with van der Waals surface area (Å²) in [6, 6.07) is 37.1. The van der Waals surface area contributed by atoms with Gasteiger partial charge in [0.25, 0.3) is 0 Å². The molecule has 5 aromatic heterocycles. The minimum atomic E-state index is 0.732. The number of aromatic nitrogens is 5. The van der Waals surface area contributed by atoms with Gasteiger partial charge in [-0.1, -0.05) is 48.5 Å². The van der Waals surface area contributed by atoms with Gasteiger partial charge in [0.1, 0.15) is 11.3 Å². The lowest BCUT2D eigenvalue weighted by Crippen LogP contribution is -1.95. The Morgan fingerprint density at radius 1 is 0.561 bits per heavy atom. The zero-order valence-corrected chi connectivity index (χ0v) is 21.9. The van der Waals surface area contributed by atoms with Crippen LogP contribution in [0.15, 0.2) is 116 Å². The molecular formula is C36H21N5. The van der Waals surface area contributed by atoms with Crippen LogP contribution in [0, 0.1) is 0 Å². The first-order valence-electron chi connectivity index (χ1n) is 13.9. The van der Waals surface area contributed by atoms with Crippen LogP contribution in [0.2, 0.25) is 0 Å². The van der Waals surface area contributed by atoms with Crippen molar-refractivity contribution in [3.63, 3.8) is 0 Å². The SMILES string of the molecule is c1ccc(-n2c3cc4c5cccnc5n5c6cccnc6nc5c4cc3c3c4c(ccc32)-c2ccccc2C4)cc1. The molecule has 0 aliphatic heterocycles. The Labute approximate surface area is 234 Å². The van der Waals surface area contributed by atoms with Gasteiger partial charge in [-0.25, -0.2) is 15.0 Å². The molecule has 0 spiro atoms. The molecule has 0 saturated heterocycles. The molecule has 0 fully saturated rings. The molecule has 0 N–H and O–H groups in total. The zero-order valence-electron chi connectivity index (χ0n) is 21.9. The smallest absolute Gasteiger partial charge is 0.178 e. The Kier molecular flexibility index (Phi) is 3.92. The lowest BCUT2D eigenvalue weighted by atomic mass is 9.99.